The second kappa shape index (κ2) is 7.54. The first-order valence-corrected chi connectivity index (χ1v) is 7.31. The van der Waals surface area contributed by atoms with Gasteiger partial charge in [-0.1, -0.05) is 25.3 Å². The van der Waals surface area contributed by atoms with E-state index in [0.29, 0.717) is 12.1 Å². The third kappa shape index (κ3) is 4.27. The van der Waals surface area contributed by atoms with Crippen molar-refractivity contribution in [1.82, 2.24) is 4.90 Å². The van der Waals surface area contributed by atoms with Gasteiger partial charge in [0.25, 0.3) is 0 Å². The largest absolute Gasteiger partial charge is 0.376 e. The highest BCUT2D eigenvalue weighted by molar-refractivity contribution is 5.80. The number of nitrogens with one attached hydrogen (secondary N) is 1. The molecule has 0 unspecified atom stereocenters. The smallest absolute Gasteiger partial charge is 0.241 e. The fraction of sp³-hybridized carbons (Fsp3) is 0.500. The van der Waals surface area contributed by atoms with Crippen LogP contribution in [0.15, 0.2) is 24.3 Å². The number of amides is 1. The van der Waals surface area contributed by atoms with Crippen LogP contribution in [0.1, 0.15) is 37.7 Å². The summed E-state index contributed by atoms with van der Waals surface area (Å²) in [6, 6.07) is 9.32. The van der Waals surface area contributed by atoms with Gasteiger partial charge in [0.1, 0.15) is 0 Å². The summed E-state index contributed by atoms with van der Waals surface area (Å²) in [7, 11) is 0. The van der Waals surface area contributed by atoms with Crippen molar-refractivity contribution in [1.29, 1.82) is 5.26 Å². The molecular formula is C16H21N3O. The molecule has 20 heavy (non-hydrogen) atoms. The summed E-state index contributed by atoms with van der Waals surface area (Å²) >= 11 is 0. The van der Waals surface area contributed by atoms with Gasteiger partial charge in [-0.2, -0.15) is 5.26 Å². The molecule has 1 fully saturated rings. The van der Waals surface area contributed by atoms with Crippen molar-refractivity contribution in [3.05, 3.63) is 29.8 Å². The average molecular weight is 271 g/mol. The number of carbonyl (C=O) groups is 1. The molecular weight excluding hydrogens is 250 g/mol. The Morgan fingerprint density at radius 3 is 2.60 bits per heavy atom. The highest BCUT2D eigenvalue weighted by Gasteiger charge is 2.14. The first kappa shape index (κ1) is 14.4. The molecule has 0 saturated carbocycles. The van der Waals surface area contributed by atoms with Crippen LogP contribution < -0.4 is 5.32 Å². The van der Waals surface area contributed by atoms with E-state index < -0.39 is 0 Å². The Labute approximate surface area is 120 Å². The Morgan fingerprint density at radius 2 is 1.90 bits per heavy atom. The Kier molecular flexibility index (Phi) is 5.43. The van der Waals surface area contributed by atoms with Crippen molar-refractivity contribution in [2.45, 2.75) is 32.1 Å². The third-order valence-electron chi connectivity index (χ3n) is 3.64. The minimum Gasteiger partial charge on any atom is -0.376 e. The van der Waals surface area contributed by atoms with Crippen LogP contribution >= 0.6 is 0 Å². The molecule has 1 amide bonds. The molecule has 1 aliphatic heterocycles. The zero-order valence-electron chi connectivity index (χ0n) is 11.8. The van der Waals surface area contributed by atoms with E-state index in [0.717, 1.165) is 31.6 Å². The fourth-order valence-corrected chi connectivity index (χ4v) is 2.49. The normalized spacial score (nSPS) is 15.8. The van der Waals surface area contributed by atoms with E-state index in [1.165, 1.54) is 19.3 Å². The molecule has 0 bridgehead atoms. The quantitative estimate of drug-likeness (QED) is 0.919. The number of nitrogens with zero attached hydrogens (tertiary/aromatic N) is 2. The Morgan fingerprint density at radius 1 is 1.20 bits per heavy atom. The zero-order chi connectivity index (χ0) is 14.2. The van der Waals surface area contributed by atoms with E-state index in [1.54, 1.807) is 12.1 Å². The van der Waals surface area contributed by atoms with Gasteiger partial charge in [-0.15, -0.1) is 0 Å². The maximum atomic E-state index is 12.2. The average Bonchev–Trinajstić information content (AvgIpc) is 2.44. The number of hydrogen-bond donors (Lipinski definition) is 1. The van der Waals surface area contributed by atoms with Crippen LogP contribution in [-0.2, 0) is 4.79 Å². The van der Waals surface area contributed by atoms with Crippen LogP contribution in [0.25, 0.3) is 0 Å². The van der Waals surface area contributed by atoms with E-state index in [1.807, 2.05) is 17.0 Å². The lowest BCUT2D eigenvalue weighted by Gasteiger charge is -2.25. The summed E-state index contributed by atoms with van der Waals surface area (Å²) in [5, 5.41) is 12.0. The molecule has 4 nitrogen and oxygen atoms in total. The molecule has 0 aromatic heterocycles. The molecule has 2 rings (SSSR count). The molecule has 1 saturated heterocycles. The highest BCUT2D eigenvalue weighted by Crippen LogP contribution is 2.12. The van der Waals surface area contributed by atoms with E-state index in [9.17, 15) is 4.79 Å². The monoisotopic (exact) mass is 271 g/mol. The van der Waals surface area contributed by atoms with Crippen molar-refractivity contribution in [3.63, 3.8) is 0 Å². The van der Waals surface area contributed by atoms with Gasteiger partial charge >= 0.3 is 0 Å². The predicted octanol–water partition coefficient (Wildman–Crippen LogP) is 2.76. The predicted molar refractivity (Wildman–Crippen MR) is 79.3 cm³/mol. The highest BCUT2D eigenvalue weighted by atomic mass is 16.2. The third-order valence-corrected chi connectivity index (χ3v) is 3.64. The topological polar surface area (TPSA) is 56.1 Å². The Bertz CT molecular complexity index is 485. The number of carbonyl (C=O) groups excluding carboxylic acids is 1. The van der Waals surface area contributed by atoms with Crippen LogP contribution in [0.2, 0.25) is 0 Å². The fourth-order valence-electron chi connectivity index (χ4n) is 2.49. The van der Waals surface area contributed by atoms with Gasteiger partial charge in [-0.3, -0.25) is 4.79 Å². The van der Waals surface area contributed by atoms with Gasteiger partial charge in [0.2, 0.25) is 5.91 Å². The maximum absolute atomic E-state index is 12.2. The van der Waals surface area contributed by atoms with Crippen molar-refractivity contribution >= 4 is 11.6 Å². The lowest BCUT2D eigenvalue weighted by molar-refractivity contribution is -0.129. The van der Waals surface area contributed by atoms with Gasteiger partial charge < -0.3 is 10.2 Å². The van der Waals surface area contributed by atoms with Gasteiger partial charge in [0.05, 0.1) is 18.2 Å². The standard InChI is InChI=1S/C16H21N3O/c17-12-14-7-6-8-15(11-14)18-13-16(20)19-9-4-2-1-3-5-10-19/h6-8,11,18H,1-5,9-10,13H2. The van der Waals surface area contributed by atoms with Crippen molar-refractivity contribution < 1.29 is 4.79 Å². The molecule has 0 atom stereocenters. The second-order valence-corrected chi connectivity index (χ2v) is 5.19. The van der Waals surface area contributed by atoms with E-state index >= 15 is 0 Å². The first-order chi connectivity index (χ1) is 9.79. The second-order valence-electron chi connectivity index (χ2n) is 5.19. The number of rotatable bonds is 3. The summed E-state index contributed by atoms with van der Waals surface area (Å²) < 4.78 is 0. The number of hydrogen-bond acceptors (Lipinski definition) is 3. The van der Waals surface area contributed by atoms with Gasteiger partial charge in [-0.25, -0.2) is 0 Å². The molecule has 1 aromatic rings. The summed E-state index contributed by atoms with van der Waals surface area (Å²) in [5.74, 6) is 0.147. The summed E-state index contributed by atoms with van der Waals surface area (Å²) in [5.41, 5.74) is 1.43. The Hall–Kier alpha value is -2.02. The minimum atomic E-state index is 0.147. The van der Waals surface area contributed by atoms with Gasteiger partial charge in [-0.05, 0) is 31.0 Å². The lowest BCUT2D eigenvalue weighted by atomic mass is 10.1. The number of benzene rings is 1. The van der Waals surface area contributed by atoms with Crippen LogP contribution in [0, 0.1) is 11.3 Å². The summed E-state index contributed by atoms with van der Waals surface area (Å²) in [4.78, 5) is 14.1. The first-order valence-electron chi connectivity index (χ1n) is 7.31. The molecule has 1 aliphatic rings. The molecule has 106 valence electrons. The molecule has 0 aliphatic carbocycles. The van der Waals surface area contributed by atoms with E-state index in [4.69, 9.17) is 5.26 Å². The molecule has 1 aromatic carbocycles. The number of anilines is 1. The van der Waals surface area contributed by atoms with Crippen LogP contribution in [0.5, 0.6) is 0 Å². The molecule has 0 spiro atoms. The SMILES string of the molecule is N#Cc1cccc(NCC(=O)N2CCCCCCC2)c1. The summed E-state index contributed by atoms with van der Waals surface area (Å²) in [6.07, 6.45) is 5.95. The molecule has 1 heterocycles. The minimum absolute atomic E-state index is 0.147. The maximum Gasteiger partial charge on any atom is 0.241 e. The Balaban J connectivity index is 1.85. The summed E-state index contributed by atoms with van der Waals surface area (Å²) in [6.45, 7) is 2.05. The van der Waals surface area contributed by atoms with E-state index in [2.05, 4.69) is 11.4 Å². The van der Waals surface area contributed by atoms with Crippen molar-refractivity contribution in [2.75, 3.05) is 25.0 Å². The zero-order valence-corrected chi connectivity index (χ0v) is 11.8. The number of likely N-dealkylation sites (tertiary alicyclic amines) is 1. The van der Waals surface area contributed by atoms with Crippen LogP contribution in [0.4, 0.5) is 5.69 Å². The van der Waals surface area contributed by atoms with E-state index in [-0.39, 0.29) is 5.91 Å². The van der Waals surface area contributed by atoms with Gasteiger partial charge in [0.15, 0.2) is 0 Å². The number of nitriles is 1. The van der Waals surface area contributed by atoms with Gasteiger partial charge in [0, 0.05) is 18.8 Å². The molecule has 0 radical (unpaired) electrons. The van der Waals surface area contributed by atoms with Crippen molar-refractivity contribution in [2.24, 2.45) is 0 Å². The molecule has 1 N–H and O–H groups in total. The van der Waals surface area contributed by atoms with Crippen LogP contribution in [-0.4, -0.2) is 30.4 Å². The van der Waals surface area contributed by atoms with Crippen LogP contribution in [0.3, 0.4) is 0 Å². The van der Waals surface area contributed by atoms with Crippen molar-refractivity contribution in [3.8, 4) is 6.07 Å². The molecule has 4 heteroatoms. The lowest BCUT2D eigenvalue weighted by Crippen LogP contribution is -2.37.